The van der Waals surface area contributed by atoms with E-state index in [1.54, 1.807) is 33.8 Å². The Morgan fingerprint density at radius 1 is 1.06 bits per heavy atom. The summed E-state index contributed by atoms with van der Waals surface area (Å²) in [5.41, 5.74) is 7.82. The van der Waals surface area contributed by atoms with Crippen LogP contribution in [0.3, 0.4) is 0 Å². The molecule has 2 aromatic carbocycles. The summed E-state index contributed by atoms with van der Waals surface area (Å²) < 4.78 is 1.68. The van der Waals surface area contributed by atoms with Gasteiger partial charge in [-0.3, -0.25) is 14.4 Å². The highest BCUT2D eigenvalue weighted by Crippen LogP contribution is 2.32. The zero-order chi connectivity index (χ0) is 21.5. The minimum absolute atomic E-state index is 0.0845. The van der Waals surface area contributed by atoms with Gasteiger partial charge in [-0.2, -0.15) is 5.10 Å². The lowest BCUT2D eigenvalue weighted by Crippen LogP contribution is -2.51. The van der Waals surface area contributed by atoms with E-state index in [4.69, 9.17) is 5.73 Å². The largest absolute Gasteiger partial charge is 0.366 e. The Hall–Kier alpha value is -3.68. The van der Waals surface area contributed by atoms with Crippen molar-refractivity contribution in [3.63, 3.8) is 0 Å². The van der Waals surface area contributed by atoms with E-state index in [0.717, 1.165) is 30.3 Å². The summed E-state index contributed by atoms with van der Waals surface area (Å²) >= 11 is 0. The van der Waals surface area contributed by atoms with Crippen molar-refractivity contribution in [1.82, 2.24) is 14.7 Å². The number of carbonyl (C=O) groups is 3. The standard InChI is InChI=1S/C23H23N5O3/c24-22(30)18-5-1-3-14-13-27(26-21(14)18)16-9-7-15(8-10-16)25-23(31)19-6-2-4-17-11-12-20(29)28(17)19/h1,3,5,7-10,13,17,19H,2,4,6,11-12H2,(H2,24,30)(H,25,31). The van der Waals surface area contributed by atoms with Crippen molar-refractivity contribution in [3.8, 4) is 5.69 Å². The Balaban J connectivity index is 1.34. The molecule has 2 saturated heterocycles. The molecule has 2 aliphatic heterocycles. The second kappa shape index (κ2) is 7.54. The van der Waals surface area contributed by atoms with Crippen LogP contribution in [0.4, 0.5) is 5.69 Å². The first-order valence-corrected chi connectivity index (χ1v) is 10.5. The molecule has 8 heteroatoms. The number of benzene rings is 2. The van der Waals surface area contributed by atoms with Crippen molar-refractivity contribution < 1.29 is 14.4 Å². The lowest BCUT2D eigenvalue weighted by molar-refractivity contribution is -0.138. The summed E-state index contributed by atoms with van der Waals surface area (Å²) in [6.45, 7) is 0. The van der Waals surface area contributed by atoms with Crippen LogP contribution in [0.15, 0.2) is 48.7 Å². The Morgan fingerprint density at radius 2 is 1.87 bits per heavy atom. The maximum absolute atomic E-state index is 12.9. The summed E-state index contributed by atoms with van der Waals surface area (Å²) in [5, 5.41) is 8.26. The van der Waals surface area contributed by atoms with Crippen LogP contribution in [0.2, 0.25) is 0 Å². The molecule has 0 bridgehead atoms. The number of nitrogens with two attached hydrogens (primary N) is 1. The number of nitrogens with zero attached hydrogens (tertiary/aromatic N) is 3. The van der Waals surface area contributed by atoms with Crippen molar-refractivity contribution in [1.29, 1.82) is 0 Å². The van der Waals surface area contributed by atoms with Gasteiger partial charge in [0.15, 0.2) is 0 Å². The predicted molar refractivity (Wildman–Crippen MR) is 116 cm³/mol. The average molecular weight is 417 g/mol. The van der Waals surface area contributed by atoms with Gasteiger partial charge in [0, 0.05) is 29.7 Å². The van der Waals surface area contributed by atoms with Crippen LogP contribution in [0.1, 0.15) is 42.5 Å². The van der Waals surface area contributed by atoms with E-state index in [9.17, 15) is 14.4 Å². The SMILES string of the molecule is NC(=O)c1cccc2cn(-c3ccc(NC(=O)C4CCCC5CCC(=O)N54)cc3)nc12. The maximum atomic E-state index is 12.9. The molecular formula is C23H23N5O3. The number of anilines is 1. The molecule has 0 radical (unpaired) electrons. The van der Waals surface area contributed by atoms with Crippen molar-refractivity contribution >= 4 is 34.3 Å². The molecule has 31 heavy (non-hydrogen) atoms. The Kier molecular flexibility index (Phi) is 4.69. The molecule has 1 aromatic heterocycles. The smallest absolute Gasteiger partial charge is 0.250 e. The van der Waals surface area contributed by atoms with Gasteiger partial charge in [0.25, 0.3) is 5.91 Å². The van der Waals surface area contributed by atoms with Gasteiger partial charge in [-0.1, -0.05) is 12.1 Å². The third kappa shape index (κ3) is 3.43. The molecule has 2 aliphatic rings. The summed E-state index contributed by atoms with van der Waals surface area (Å²) in [5.74, 6) is -0.569. The second-order valence-electron chi connectivity index (χ2n) is 8.16. The first-order chi connectivity index (χ1) is 15.0. The third-order valence-electron chi connectivity index (χ3n) is 6.23. The molecule has 3 aromatic rings. The Morgan fingerprint density at radius 3 is 2.65 bits per heavy atom. The molecule has 2 atom stereocenters. The van der Waals surface area contributed by atoms with Crippen LogP contribution in [-0.2, 0) is 9.59 Å². The molecular weight excluding hydrogens is 394 g/mol. The molecule has 2 unspecified atom stereocenters. The van der Waals surface area contributed by atoms with E-state index in [-0.39, 0.29) is 17.9 Å². The number of aromatic nitrogens is 2. The Labute approximate surface area is 179 Å². The molecule has 0 saturated carbocycles. The van der Waals surface area contributed by atoms with Crippen LogP contribution in [0.5, 0.6) is 0 Å². The maximum Gasteiger partial charge on any atom is 0.250 e. The fourth-order valence-electron chi connectivity index (χ4n) is 4.72. The average Bonchev–Trinajstić information content (AvgIpc) is 3.37. The van der Waals surface area contributed by atoms with Gasteiger partial charge in [0.05, 0.1) is 11.3 Å². The van der Waals surface area contributed by atoms with Crippen LogP contribution in [0, 0.1) is 0 Å². The van der Waals surface area contributed by atoms with Gasteiger partial charge in [-0.05, 0) is 56.0 Å². The minimum atomic E-state index is -0.518. The first-order valence-electron chi connectivity index (χ1n) is 10.5. The predicted octanol–water partition coefficient (Wildman–Crippen LogP) is 2.61. The molecule has 8 nitrogen and oxygen atoms in total. The van der Waals surface area contributed by atoms with Gasteiger partial charge < -0.3 is 16.0 Å². The van der Waals surface area contributed by atoms with Gasteiger partial charge in [-0.25, -0.2) is 4.68 Å². The lowest BCUT2D eigenvalue weighted by Gasteiger charge is -2.36. The molecule has 158 valence electrons. The molecule has 2 fully saturated rings. The van der Waals surface area contributed by atoms with Crippen molar-refractivity contribution in [3.05, 3.63) is 54.2 Å². The van der Waals surface area contributed by atoms with Crippen LogP contribution < -0.4 is 11.1 Å². The molecule has 0 spiro atoms. The van der Waals surface area contributed by atoms with E-state index in [1.165, 1.54) is 0 Å². The Bertz CT molecular complexity index is 1180. The zero-order valence-corrected chi connectivity index (χ0v) is 17.0. The second-order valence-corrected chi connectivity index (χ2v) is 8.16. The molecule has 3 amide bonds. The number of carbonyl (C=O) groups excluding carboxylic acids is 3. The van der Waals surface area contributed by atoms with E-state index in [0.29, 0.717) is 29.6 Å². The number of rotatable bonds is 4. The normalized spacial score (nSPS) is 20.6. The monoisotopic (exact) mass is 417 g/mol. The minimum Gasteiger partial charge on any atom is -0.366 e. The number of fused-ring (bicyclic) bond motifs is 2. The lowest BCUT2D eigenvalue weighted by atomic mass is 9.96. The molecule has 5 rings (SSSR count). The molecule has 3 N–H and O–H groups in total. The van der Waals surface area contributed by atoms with Gasteiger partial charge in [-0.15, -0.1) is 0 Å². The number of primary amides is 1. The number of amides is 3. The quantitative estimate of drug-likeness (QED) is 0.680. The fraction of sp³-hybridized carbons (Fsp3) is 0.304. The molecule has 3 heterocycles. The number of hydrogen-bond donors (Lipinski definition) is 2. The zero-order valence-electron chi connectivity index (χ0n) is 17.0. The van der Waals surface area contributed by atoms with Gasteiger partial charge in [0.2, 0.25) is 11.8 Å². The summed E-state index contributed by atoms with van der Waals surface area (Å²) in [4.78, 5) is 38.5. The fourth-order valence-corrected chi connectivity index (χ4v) is 4.72. The highest BCUT2D eigenvalue weighted by molar-refractivity contribution is 6.04. The molecule has 0 aliphatic carbocycles. The highest BCUT2D eigenvalue weighted by atomic mass is 16.2. The van der Waals surface area contributed by atoms with Crippen LogP contribution in [0.25, 0.3) is 16.6 Å². The van der Waals surface area contributed by atoms with E-state index in [2.05, 4.69) is 10.4 Å². The third-order valence-corrected chi connectivity index (χ3v) is 6.23. The van der Waals surface area contributed by atoms with Crippen LogP contribution in [-0.4, -0.2) is 44.5 Å². The van der Waals surface area contributed by atoms with Crippen molar-refractivity contribution in [2.45, 2.75) is 44.2 Å². The number of hydrogen-bond acceptors (Lipinski definition) is 4. The van der Waals surface area contributed by atoms with Crippen LogP contribution >= 0.6 is 0 Å². The van der Waals surface area contributed by atoms with Crippen molar-refractivity contribution in [2.24, 2.45) is 5.73 Å². The van der Waals surface area contributed by atoms with Gasteiger partial charge >= 0.3 is 0 Å². The van der Waals surface area contributed by atoms with Gasteiger partial charge in [0.1, 0.15) is 11.6 Å². The number of piperidine rings is 1. The summed E-state index contributed by atoms with van der Waals surface area (Å²) in [7, 11) is 0. The van der Waals surface area contributed by atoms with E-state index in [1.807, 2.05) is 24.4 Å². The van der Waals surface area contributed by atoms with E-state index < -0.39 is 11.9 Å². The van der Waals surface area contributed by atoms with E-state index >= 15 is 0 Å². The first kappa shape index (κ1) is 19.3. The number of nitrogens with one attached hydrogen (secondary N) is 1. The summed E-state index contributed by atoms with van der Waals surface area (Å²) in [6.07, 6.45) is 5.88. The topological polar surface area (TPSA) is 110 Å². The summed E-state index contributed by atoms with van der Waals surface area (Å²) in [6, 6.07) is 12.4. The highest BCUT2D eigenvalue weighted by Gasteiger charge is 2.41. The van der Waals surface area contributed by atoms with Crippen molar-refractivity contribution in [2.75, 3.05) is 5.32 Å².